The van der Waals surface area contributed by atoms with Crippen LogP contribution < -0.4 is 5.73 Å². The van der Waals surface area contributed by atoms with Crippen LogP contribution in [0, 0.1) is 6.92 Å². The molecule has 7 heteroatoms. The number of anilines is 1. The molecule has 128 valence electrons. The topological polar surface area (TPSA) is 81.3 Å². The van der Waals surface area contributed by atoms with Crippen LogP contribution in [-0.4, -0.2) is 46.6 Å². The number of thiazole rings is 1. The third-order valence-electron chi connectivity index (χ3n) is 4.09. The van der Waals surface area contributed by atoms with Gasteiger partial charge in [0, 0.05) is 24.7 Å². The molecule has 1 amide bonds. The molecule has 2 N–H and O–H groups in total. The lowest BCUT2D eigenvalue weighted by Crippen LogP contribution is -2.46. The zero-order valence-corrected chi connectivity index (χ0v) is 14.6. The molecule has 3 rings (SSSR count). The minimum absolute atomic E-state index is 0.0641. The maximum Gasteiger partial charge on any atom is 0.228 e. The maximum absolute atomic E-state index is 12.5. The van der Waals surface area contributed by atoms with Gasteiger partial charge < -0.3 is 15.4 Å². The quantitative estimate of drug-likeness (QED) is 0.893. The zero-order valence-electron chi connectivity index (χ0n) is 13.8. The Bertz CT molecular complexity index is 703. The number of amides is 1. The van der Waals surface area contributed by atoms with E-state index in [4.69, 9.17) is 10.5 Å². The first kappa shape index (κ1) is 16.9. The Hall–Kier alpha value is -1.99. The van der Waals surface area contributed by atoms with Crippen molar-refractivity contribution in [1.29, 1.82) is 0 Å². The molecule has 24 heavy (non-hydrogen) atoms. The predicted octanol–water partition coefficient (Wildman–Crippen LogP) is 1.83. The van der Waals surface area contributed by atoms with Crippen molar-refractivity contribution in [1.82, 2.24) is 14.9 Å². The standard InChI is InChI=1S/C17H22N4O2S/c1-12-20-14(11-24-12)9-17(22)21-6-7-23-15(10-21)3-2-13-4-5-19-16(18)8-13/h4-5,8,11,15H,2-3,6-7,9-10H2,1H3,(H2,18,19)/t15-/m0/s1. The number of aromatic nitrogens is 2. The van der Waals surface area contributed by atoms with E-state index in [1.54, 1.807) is 17.5 Å². The van der Waals surface area contributed by atoms with Crippen molar-refractivity contribution < 1.29 is 9.53 Å². The van der Waals surface area contributed by atoms with Crippen LogP contribution in [0.4, 0.5) is 5.82 Å². The van der Waals surface area contributed by atoms with E-state index in [2.05, 4.69) is 9.97 Å². The molecule has 1 aliphatic heterocycles. The van der Waals surface area contributed by atoms with Crippen LogP contribution >= 0.6 is 11.3 Å². The molecule has 0 radical (unpaired) electrons. The number of nitrogen functional groups attached to an aromatic ring is 1. The van der Waals surface area contributed by atoms with Gasteiger partial charge in [0.25, 0.3) is 0 Å². The molecule has 0 unspecified atom stereocenters. The Morgan fingerprint density at radius 3 is 3.17 bits per heavy atom. The van der Waals surface area contributed by atoms with E-state index in [1.807, 2.05) is 29.3 Å². The van der Waals surface area contributed by atoms with Gasteiger partial charge in [-0.15, -0.1) is 11.3 Å². The smallest absolute Gasteiger partial charge is 0.228 e. The molecule has 2 aromatic heterocycles. The monoisotopic (exact) mass is 346 g/mol. The molecule has 2 aromatic rings. The SMILES string of the molecule is Cc1nc(CC(=O)N2CCO[C@@H](CCc3ccnc(N)c3)C2)cs1. The number of pyridine rings is 1. The second-order valence-corrected chi connectivity index (χ2v) is 7.06. The second-order valence-electron chi connectivity index (χ2n) is 5.99. The van der Waals surface area contributed by atoms with E-state index in [-0.39, 0.29) is 12.0 Å². The number of hydrogen-bond donors (Lipinski definition) is 1. The fraction of sp³-hybridized carbons (Fsp3) is 0.471. The molecule has 0 aliphatic carbocycles. The van der Waals surface area contributed by atoms with Gasteiger partial charge in [-0.05, 0) is 37.5 Å². The zero-order chi connectivity index (χ0) is 16.9. The summed E-state index contributed by atoms with van der Waals surface area (Å²) in [5, 5.41) is 2.95. The maximum atomic E-state index is 12.5. The lowest BCUT2D eigenvalue weighted by molar-refractivity contribution is -0.138. The van der Waals surface area contributed by atoms with Crippen LogP contribution in [-0.2, 0) is 22.4 Å². The van der Waals surface area contributed by atoms with Gasteiger partial charge in [-0.3, -0.25) is 4.79 Å². The minimum Gasteiger partial charge on any atom is -0.384 e. The average molecular weight is 346 g/mol. The third kappa shape index (κ3) is 4.52. The molecule has 3 heterocycles. The number of carbonyl (C=O) groups is 1. The Morgan fingerprint density at radius 1 is 1.54 bits per heavy atom. The van der Waals surface area contributed by atoms with Gasteiger partial charge >= 0.3 is 0 Å². The van der Waals surface area contributed by atoms with Gasteiger partial charge in [0.2, 0.25) is 5.91 Å². The molecule has 0 bridgehead atoms. The highest BCUT2D eigenvalue weighted by Gasteiger charge is 2.24. The van der Waals surface area contributed by atoms with Crippen LogP contribution in [0.15, 0.2) is 23.7 Å². The van der Waals surface area contributed by atoms with Gasteiger partial charge in [0.05, 0.1) is 29.8 Å². The number of carbonyl (C=O) groups excluding carboxylic acids is 1. The number of rotatable bonds is 5. The van der Waals surface area contributed by atoms with Gasteiger partial charge in [0.1, 0.15) is 5.82 Å². The summed E-state index contributed by atoms with van der Waals surface area (Å²) < 4.78 is 5.81. The minimum atomic E-state index is 0.0641. The van der Waals surface area contributed by atoms with Crippen molar-refractivity contribution in [2.45, 2.75) is 32.3 Å². The van der Waals surface area contributed by atoms with E-state index < -0.39 is 0 Å². The summed E-state index contributed by atoms with van der Waals surface area (Å²) in [7, 11) is 0. The highest BCUT2D eigenvalue weighted by molar-refractivity contribution is 7.09. The summed E-state index contributed by atoms with van der Waals surface area (Å²) in [6.07, 6.45) is 3.89. The fourth-order valence-electron chi connectivity index (χ4n) is 2.85. The van der Waals surface area contributed by atoms with Crippen LogP contribution in [0.3, 0.4) is 0 Å². The second kappa shape index (κ2) is 7.72. The summed E-state index contributed by atoms with van der Waals surface area (Å²) in [4.78, 5) is 22.7. The Morgan fingerprint density at radius 2 is 2.42 bits per heavy atom. The average Bonchev–Trinajstić information content (AvgIpc) is 2.98. The summed E-state index contributed by atoms with van der Waals surface area (Å²) in [6.45, 7) is 3.84. The number of nitrogens with two attached hydrogens (primary N) is 1. The summed E-state index contributed by atoms with van der Waals surface area (Å²) in [6, 6.07) is 3.85. The highest BCUT2D eigenvalue weighted by atomic mass is 32.1. The van der Waals surface area contributed by atoms with Gasteiger partial charge in [0.15, 0.2) is 0 Å². The normalized spacial score (nSPS) is 17.9. The molecule has 6 nitrogen and oxygen atoms in total. The molecule has 0 spiro atoms. The molecule has 1 fully saturated rings. The molecule has 1 aliphatic rings. The van der Waals surface area contributed by atoms with Crippen LogP contribution in [0.1, 0.15) is 22.7 Å². The van der Waals surface area contributed by atoms with E-state index >= 15 is 0 Å². The first-order valence-corrected chi connectivity index (χ1v) is 8.99. The fourth-order valence-corrected chi connectivity index (χ4v) is 3.47. The Kier molecular flexibility index (Phi) is 5.42. The van der Waals surface area contributed by atoms with Crippen molar-refractivity contribution in [2.75, 3.05) is 25.4 Å². The van der Waals surface area contributed by atoms with Crippen LogP contribution in [0.2, 0.25) is 0 Å². The summed E-state index contributed by atoms with van der Waals surface area (Å²) >= 11 is 1.58. The first-order chi connectivity index (χ1) is 11.6. The van der Waals surface area contributed by atoms with Crippen molar-refractivity contribution in [2.24, 2.45) is 0 Å². The third-order valence-corrected chi connectivity index (χ3v) is 4.91. The van der Waals surface area contributed by atoms with Crippen LogP contribution in [0.25, 0.3) is 0 Å². The summed E-state index contributed by atoms with van der Waals surface area (Å²) in [5.41, 5.74) is 7.71. The highest BCUT2D eigenvalue weighted by Crippen LogP contribution is 2.15. The molecule has 1 saturated heterocycles. The van der Waals surface area contributed by atoms with E-state index in [0.717, 1.165) is 29.1 Å². The lowest BCUT2D eigenvalue weighted by Gasteiger charge is -2.33. The number of nitrogens with zero attached hydrogens (tertiary/aromatic N) is 3. The van der Waals surface area contributed by atoms with Crippen molar-refractivity contribution in [3.63, 3.8) is 0 Å². The lowest BCUT2D eigenvalue weighted by atomic mass is 10.1. The Balaban J connectivity index is 1.51. The van der Waals surface area contributed by atoms with Gasteiger partial charge in [-0.1, -0.05) is 0 Å². The number of morpholine rings is 1. The molecule has 0 aromatic carbocycles. The Labute approximate surface area is 145 Å². The van der Waals surface area contributed by atoms with E-state index in [9.17, 15) is 4.79 Å². The van der Waals surface area contributed by atoms with Gasteiger partial charge in [-0.25, -0.2) is 9.97 Å². The molecular formula is C17H22N4O2S. The van der Waals surface area contributed by atoms with Gasteiger partial charge in [-0.2, -0.15) is 0 Å². The van der Waals surface area contributed by atoms with E-state index in [0.29, 0.717) is 31.9 Å². The molecule has 0 saturated carbocycles. The molecule has 1 atom stereocenters. The molecular weight excluding hydrogens is 324 g/mol. The van der Waals surface area contributed by atoms with Crippen molar-refractivity contribution in [3.05, 3.63) is 40.0 Å². The van der Waals surface area contributed by atoms with E-state index in [1.165, 1.54) is 0 Å². The number of hydrogen-bond acceptors (Lipinski definition) is 6. The van der Waals surface area contributed by atoms with Crippen LogP contribution in [0.5, 0.6) is 0 Å². The first-order valence-electron chi connectivity index (χ1n) is 8.11. The van der Waals surface area contributed by atoms with Crippen molar-refractivity contribution >= 4 is 23.1 Å². The number of aryl methyl sites for hydroxylation is 2. The largest absolute Gasteiger partial charge is 0.384 e. The summed E-state index contributed by atoms with van der Waals surface area (Å²) in [5.74, 6) is 0.661. The predicted molar refractivity (Wildman–Crippen MR) is 93.8 cm³/mol. The number of ether oxygens (including phenoxy) is 1. The van der Waals surface area contributed by atoms with Crippen molar-refractivity contribution in [3.8, 4) is 0 Å².